The number of ether oxygens (including phenoxy) is 1. The fourth-order valence-corrected chi connectivity index (χ4v) is 3.69. The molecule has 1 fully saturated rings. The lowest BCUT2D eigenvalue weighted by atomic mass is 10.1. The smallest absolute Gasteiger partial charge is 0.119 e. The molecule has 2 rings (SSSR count). The molecule has 1 saturated heterocycles. The molecule has 3 nitrogen and oxygen atoms in total. The SMILES string of the molecule is CC1(C)CN(CCOc2ccc(CCN)cc2)CCS1. The maximum absolute atomic E-state index is 5.83. The van der Waals surface area contributed by atoms with Crippen molar-refractivity contribution in [1.29, 1.82) is 0 Å². The van der Waals surface area contributed by atoms with E-state index < -0.39 is 0 Å². The Kier molecular flexibility index (Phi) is 5.75. The molecule has 1 aromatic rings. The Balaban J connectivity index is 1.72. The molecule has 0 unspecified atom stereocenters. The Morgan fingerprint density at radius 1 is 1.30 bits per heavy atom. The van der Waals surface area contributed by atoms with Crippen molar-refractivity contribution in [3.63, 3.8) is 0 Å². The molecule has 1 aliphatic heterocycles. The van der Waals surface area contributed by atoms with E-state index >= 15 is 0 Å². The molecule has 0 radical (unpaired) electrons. The zero-order valence-corrected chi connectivity index (χ0v) is 13.4. The molecule has 112 valence electrons. The quantitative estimate of drug-likeness (QED) is 0.874. The van der Waals surface area contributed by atoms with Gasteiger partial charge in [-0.1, -0.05) is 12.1 Å². The van der Waals surface area contributed by atoms with Crippen LogP contribution in [0.5, 0.6) is 5.75 Å². The van der Waals surface area contributed by atoms with E-state index in [1.165, 1.54) is 17.9 Å². The number of hydrogen-bond donors (Lipinski definition) is 1. The average molecular weight is 294 g/mol. The van der Waals surface area contributed by atoms with Gasteiger partial charge in [-0.15, -0.1) is 0 Å². The summed E-state index contributed by atoms with van der Waals surface area (Å²) in [5.41, 5.74) is 6.82. The minimum Gasteiger partial charge on any atom is -0.492 e. The Morgan fingerprint density at radius 3 is 2.70 bits per heavy atom. The van der Waals surface area contributed by atoms with Crippen LogP contribution in [0.25, 0.3) is 0 Å². The van der Waals surface area contributed by atoms with Crippen LogP contribution < -0.4 is 10.5 Å². The maximum atomic E-state index is 5.83. The lowest BCUT2D eigenvalue weighted by Crippen LogP contribution is -2.44. The van der Waals surface area contributed by atoms with Crippen LogP contribution in [0.15, 0.2) is 24.3 Å². The van der Waals surface area contributed by atoms with Crippen LogP contribution in [0.3, 0.4) is 0 Å². The standard InChI is InChI=1S/C16H26N2OS/c1-16(2)13-18(10-12-20-16)9-11-19-15-5-3-14(4-6-15)7-8-17/h3-6H,7-13,17H2,1-2H3. The molecule has 20 heavy (non-hydrogen) atoms. The highest BCUT2D eigenvalue weighted by Gasteiger charge is 2.26. The fourth-order valence-electron chi connectivity index (χ4n) is 2.52. The molecule has 0 aliphatic carbocycles. The zero-order valence-electron chi connectivity index (χ0n) is 12.6. The van der Waals surface area contributed by atoms with E-state index in [0.717, 1.165) is 31.9 Å². The lowest BCUT2D eigenvalue weighted by molar-refractivity contribution is 0.202. The minimum absolute atomic E-state index is 0.377. The van der Waals surface area contributed by atoms with E-state index in [2.05, 4.69) is 42.6 Å². The molecule has 1 aromatic carbocycles. The highest BCUT2D eigenvalue weighted by molar-refractivity contribution is 8.00. The number of hydrogen-bond acceptors (Lipinski definition) is 4. The van der Waals surface area contributed by atoms with Gasteiger partial charge in [-0.2, -0.15) is 11.8 Å². The van der Waals surface area contributed by atoms with E-state index in [4.69, 9.17) is 10.5 Å². The van der Waals surface area contributed by atoms with Crippen molar-refractivity contribution >= 4 is 11.8 Å². The van der Waals surface area contributed by atoms with Gasteiger partial charge in [-0.05, 0) is 44.5 Å². The topological polar surface area (TPSA) is 38.5 Å². The minimum atomic E-state index is 0.377. The summed E-state index contributed by atoms with van der Waals surface area (Å²) in [6, 6.07) is 8.29. The predicted molar refractivity (Wildman–Crippen MR) is 87.7 cm³/mol. The van der Waals surface area contributed by atoms with Crippen LogP contribution in [0, 0.1) is 0 Å². The van der Waals surface area contributed by atoms with Gasteiger partial charge in [-0.3, -0.25) is 4.90 Å². The summed E-state index contributed by atoms with van der Waals surface area (Å²) >= 11 is 2.07. The van der Waals surface area contributed by atoms with Gasteiger partial charge in [0.25, 0.3) is 0 Å². The zero-order chi connectivity index (χ0) is 14.4. The number of nitrogens with two attached hydrogens (primary N) is 1. The van der Waals surface area contributed by atoms with Gasteiger partial charge in [0.15, 0.2) is 0 Å². The number of thioether (sulfide) groups is 1. The Hall–Kier alpha value is -0.710. The Bertz CT molecular complexity index is 405. The molecule has 1 heterocycles. The Morgan fingerprint density at radius 2 is 2.05 bits per heavy atom. The van der Waals surface area contributed by atoms with Gasteiger partial charge in [0.2, 0.25) is 0 Å². The van der Waals surface area contributed by atoms with E-state index in [9.17, 15) is 0 Å². The van der Waals surface area contributed by atoms with Crippen molar-refractivity contribution in [3.8, 4) is 5.75 Å². The van der Waals surface area contributed by atoms with Gasteiger partial charge in [0, 0.05) is 30.1 Å². The summed E-state index contributed by atoms with van der Waals surface area (Å²) in [4.78, 5) is 2.50. The second-order valence-electron chi connectivity index (χ2n) is 5.92. The monoisotopic (exact) mass is 294 g/mol. The van der Waals surface area contributed by atoms with Crippen LogP contribution >= 0.6 is 11.8 Å². The number of benzene rings is 1. The first-order valence-corrected chi connectivity index (χ1v) is 8.36. The summed E-state index contributed by atoms with van der Waals surface area (Å²) in [6.07, 6.45) is 0.931. The summed E-state index contributed by atoms with van der Waals surface area (Å²) in [5.74, 6) is 2.18. The van der Waals surface area contributed by atoms with Gasteiger partial charge in [-0.25, -0.2) is 0 Å². The molecule has 0 bridgehead atoms. The third-order valence-corrected chi connectivity index (χ3v) is 4.83. The van der Waals surface area contributed by atoms with E-state index in [1.807, 2.05) is 12.1 Å². The third-order valence-electron chi connectivity index (χ3n) is 3.54. The third kappa shape index (κ3) is 5.00. The molecule has 4 heteroatoms. The van der Waals surface area contributed by atoms with Gasteiger partial charge < -0.3 is 10.5 Å². The predicted octanol–water partition coefficient (Wildman–Crippen LogP) is 2.39. The molecule has 0 atom stereocenters. The molecular formula is C16H26N2OS. The number of nitrogens with zero attached hydrogens (tertiary/aromatic N) is 1. The van der Waals surface area contributed by atoms with E-state index in [1.54, 1.807) is 0 Å². The van der Waals surface area contributed by atoms with Crippen molar-refractivity contribution in [2.75, 3.05) is 38.5 Å². The molecule has 0 saturated carbocycles. The van der Waals surface area contributed by atoms with E-state index in [0.29, 0.717) is 11.3 Å². The Labute approximate surface area is 126 Å². The molecule has 1 aliphatic rings. The molecule has 0 aromatic heterocycles. The summed E-state index contributed by atoms with van der Waals surface area (Å²) in [6.45, 7) is 9.43. The van der Waals surface area contributed by atoms with Crippen molar-refractivity contribution < 1.29 is 4.74 Å². The van der Waals surface area contributed by atoms with Crippen molar-refractivity contribution in [2.45, 2.75) is 25.0 Å². The second-order valence-corrected chi connectivity index (χ2v) is 7.72. The first-order chi connectivity index (χ1) is 9.59. The van der Waals surface area contributed by atoms with Crippen molar-refractivity contribution in [1.82, 2.24) is 4.90 Å². The van der Waals surface area contributed by atoms with Crippen molar-refractivity contribution in [2.24, 2.45) is 5.73 Å². The van der Waals surface area contributed by atoms with Crippen LogP contribution in [0.1, 0.15) is 19.4 Å². The average Bonchev–Trinajstić information content (AvgIpc) is 2.40. The first-order valence-electron chi connectivity index (χ1n) is 7.37. The summed E-state index contributed by atoms with van der Waals surface area (Å²) in [5, 5.41) is 0. The van der Waals surface area contributed by atoms with Crippen LogP contribution in [-0.4, -0.2) is 48.2 Å². The maximum Gasteiger partial charge on any atom is 0.119 e. The van der Waals surface area contributed by atoms with Gasteiger partial charge in [0.1, 0.15) is 12.4 Å². The first kappa shape index (κ1) is 15.7. The highest BCUT2D eigenvalue weighted by atomic mass is 32.2. The second kappa shape index (κ2) is 7.34. The normalized spacial score (nSPS) is 18.9. The lowest BCUT2D eigenvalue weighted by Gasteiger charge is -2.37. The van der Waals surface area contributed by atoms with Gasteiger partial charge in [0.05, 0.1) is 0 Å². The number of rotatable bonds is 6. The molecule has 0 amide bonds. The largest absolute Gasteiger partial charge is 0.492 e. The highest BCUT2D eigenvalue weighted by Crippen LogP contribution is 2.29. The summed E-state index contributed by atoms with van der Waals surface area (Å²) in [7, 11) is 0. The van der Waals surface area contributed by atoms with Crippen LogP contribution in [-0.2, 0) is 6.42 Å². The van der Waals surface area contributed by atoms with Gasteiger partial charge >= 0.3 is 0 Å². The molecular weight excluding hydrogens is 268 g/mol. The fraction of sp³-hybridized carbons (Fsp3) is 0.625. The molecule has 0 spiro atoms. The van der Waals surface area contributed by atoms with E-state index in [-0.39, 0.29) is 0 Å². The van der Waals surface area contributed by atoms with Crippen molar-refractivity contribution in [3.05, 3.63) is 29.8 Å². The summed E-state index contributed by atoms with van der Waals surface area (Å²) < 4.78 is 6.21. The van der Waals surface area contributed by atoms with Crippen LogP contribution in [0.2, 0.25) is 0 Å². The van der Waals surface area contributed by atoms with Crippen LogP contribution in [0.4, 0.5) is 0 Å². The molecule has 2 N–H and O–H groups in total.